The summed E-state index contributed by atoms with van der Waals surface area (Å²) < 4.78 is 83.6. The molecule has 0 atom stereocenters. The van der Waals surface area contributed by atoms with Gasteiger partial charge in [-0.25, -0.2) is 0 Å². The molecule has 11 heteroatoms. The minimum atomic E-state index is -4.68. The smallest absolute Gasteiger partial charge is 0.416 e. The number of hydrogen-bond donors (Lipinski definition) is 0. The minimum absolute atomic E-state index is 0.127. The molecule has 0 amide bonds. The third-order valence-electron chi connectivity index (χ3n) is 5.03. The van der Waals surface area contributed by atoms with Crippen molar-refractivity contribution in [2.75, 3.05) is 6.61 Å². The quantitative estimate of drug-likeness (QED) is 0.114. The van der Waals surface area contributed by atoms with Crippen LogP contribution in [0.15, 0.2) is 65.8 Å². The Hall–Kier alpha value is -3.98. The summed E-state index contributed by atoms with van der Waals surface area (Å²) in [7, 11) is 0. The molecule has 0 saturated heterocycles. The lowest BCUT2D eigenvalue weighted by Crippen LogP contribution is -2.07. The van der Waals surface area contributed by atoms with E-state index in [9.17, 15) is 31.1 Å². The van der Waals surface area contributed by atoms with Gasteiger partial charge in [-0.1, -0.05) is 35.4 Å². The van der Waals surface area contributed by atoms with Gasteiger partial charge in [0, 0.05) is 10.6 Å². The second kappa shape index (κ2) is 10.1. The predicted octanol–water partition coefficient (Wildman–Crippen LogP) is 8.11. The molecule has 0 unspecified atom stereocenters. The maximum absolute atomic E-state index is 13.2. The largest absolute Gasteiger partial charge is 0.466 e. The monoisotopic (exact) mass is 493 g/mol. The molecule has 0 aliphatic heterocycles. The van der Waals surface area contributed by atoms with E-state index in [4.69, 9.17) is 10.3 Å². The van der Waals surface area contributed by atoms with E-state index < -0.39 is 29.4 Å². The highest BCUT2D eigenvalue weighted by molar-refractivity contribution is 5.89. The van der Waals surface area contributed by atoms with E-state index in [1.165, 1.54) is 30.3 Å². The van der Waals surface area contributed by atoms with Gasteiger partial charge in [0.15, 0.2) is 0 Å². The van der Waals surface area contributed by atoms with Crippen molar-refractivity contribution in [1.82, 2.24) is 0 Å². The average molecular weight is 493 g/mol. The van der Waals surface area contributed by atoms with Gasteiger partial charge >= 0.3 is 18.3 Å². The van der Waals surface area contributed by atoms with Crippen molar-refractivity contribution in [2.45, 2.75) is 25.7 Å². The highest BCUT2D eigenvalue weighted by Gasteiger charge is 2.32. The lowest BCUT2D eigenvalue weighted by molar-refractivity contribution is -0.142. The topological polar surface area (TPSA) is 75.1 Å². The van der Waals surface area contributed by atoms with Gasteiger partial charge < -0.3 is 4.74 Å². The lowest BCUT2D eigenvalue weighted by Gasteiger charge is -2.16. The minimum Gasteiger partial charge on any atom is -0.466 e. The van der Waals surface area contributed by atoms with Crippen LogP contribution in [0.25, 0.3) is 32.7 Å². The number of hydrogen-bond acceptors (Lipinski definition) is 3. The maximum Gasteiger partial charge on any atom is 0.416 e. The van der Waals surface area contributed by atoms with Gasteiger partial charge in [-0.3, -0.25) is 4.79 Å². The van der Waals surface area contributed by atoms with Crippen LogP contribution in [0.2, 0.25) is 0 Å². The number of carbonyl (C=O) groups excluding carboxylic acids is 1. The molecule has 0 aromatic heterocycles. The molecule has 0 bridgehead atoms. The van der Waals surface area contributed by atoms with Crippen LogP contribution in [0, 0.1) is 0 Å². The van der Waals surface area contributed by atoms with Crippen LogP contribution < -0.4 is 0 Å². The molecule has 182 valence electrons. The first-order valence-corrected chi connectivity index (χ1v) is 10.2. The summed E-state index contributed by atoms with van der Waals surface area (Å²) in [4.78, 5) is 14.5. The zero-order valence-corrected chi connectivity index (χ0v) is 18.1. The third-order valence-corrected chi connectivity index (χ3v) is 5.03. The van der Waals surface area contributed by atoms with Crippen LogP contribution in [-0.2, 0) is 28.3 Å². The highest BCUT2D eigenvalue weighted by atomic mass is 19.4. The number of esters is 1. The predicted molar refractivity (Wildman–Crippen MR) is 116 cm³/mol. The van der Waals surface area contributed by atoms with Gasteiger partial charge in [-0.15, -0.1) is 0 Å². The molecular formula is C24H17F6N3O2. The Morgan fingerprint density at radius 1 is 0.857 bits per heavy atom. The number of rotatable bonds is 6. The first kappa shape index (κ1) is 25.6. The summed E-state index contributed by atoms with van der Waals surface area (Å²) in [5.74, 6) is -0.525. The van der Waals surface area contributed by atoms with Crippen LogP contribution in [0.1, 0.15) is 23.6 Å². The molecule has 3 aromatic carbocycles. The molecule has 0 N–H and O–H groups in total. The van der Waals surface area contributed by atoms with Crippen LogP contribution in [-0.4, -0.2) is 12.6 Å². The SMILES string of the molecule is CCOC(=O)Cc1ccc(-c2ccc(C(F)(F)F)cc2N=[N+]=[N-])c(-c2ccc(C(F)(F)F)cc2)c1. The fourth-order valence-corrected chi connectivity index (χ4v) is 3.46. The fourth-order valence-electron chi connectivity index (χ4n) is 3.46. The van der Waals surface area contributed by atoms with Gasteiger partial charge in [-0.05, 0) is 70.6 Å². The normalized spacial score (nSPS) is 11.6. The second-order valence-corrected chi connectivity index (χ2v) is 7.36. The first-order valence-electron chi connectivity index (χ1n) is 10.2. The summed E-state index contributed by atoms with van der Waals surface area (Å²) in [6.07, 6.45) is -9.37. The standard InChI is InChI=1S/C24H17F6N3O2/c1-2-35-22(34)12-14-3-9-18(19-10-8-17(24(28,29)30)13-21(19)32-33-31)20(11-14)15-4-6-16(7-5-15)23(25,26)27/h3-11,13H,2,12H2,1H3. The molecule has 0 fully saturated rings. The number of alkyl halides is 6. The molecule has 0 spiro atoms. The zero-order valence-electron chi connectivity index (χ0n) is 18.1. The number of halogens is 6. The first-order chi connectivity index (χ1) is 16.4. The third kappa shape index (κ3) is 6.13. The van der Waals surface area contributed by atoms with Crippen LogP contribution in [0.3, 0.4) is 0 Å². The Morgan fingerprint density at radius 3 is 2.03 bits per heavy atom. The van der Waals surface area contributed by atoms with E-state index >= 15 is 0 Å². The van der Waals surface area contributed by atoms with Crippen LogP contribution in [0.5, 0.6) is 0 Å². The van der Waals surface area contributed by atoms with Crippen molar-refractivity contribution in [3.63, 3.8) is 0 Å². The summed E-state index contributed by atoms with van der Waals surface area (Å²) >= 11 is 0. The number of ether oxygens (including phenoxy) is 1. The van der Waals surface area contributed by atoms with Gasteiger partial charge in [0.05, 0.1) is 24.2 Å². The molecule has 0 saturated carbocycles. The Morgan fingerprint density at radius 2 is 1.46 bits per heavy atom. The average Bonchev–Trinajstić information content (AvgIpc) is 2.78. The van der Waals surface area contributed by atoms with Crippen molar-refractivity contribution >= 4 is 11.7 Å². The Balaban J connectivity index is 2.21. The molecular weight excluding hydrogens is 476 g/mol. The summed E-state index contributed by atoms with van der Waals surface area (Å²) in [6, 6.07) is 11.4. The lowest BCUT2D eigenvalue weighted by atomic mass is 9.90. The molecule has 3 aromatic rings. The Bertz CT molecular complexity index is 1280. The van der Waals surface area contributed by atoms with Crippen molar-refractivity contribution in [3.8, 4) is 22.3 Å². The summed E-state index contributed by atoms with van der Waals surface area (Å²) in [6.45, 7) is 1.79. The second-order valence-electron chi connectivity index (χ2n) is 7.36. The number of nitrogens with zero attached hydrogens (tertiary/aromatic N) is 3. The zero-order chi connectivity index (χ0) is 25.8. The van der Waals surface area contributed by atoms with Crippen molar-refractivity contribution in [3.05, 3.63) is 87.8 Å². The van der Waals surface area contributed by atoms with E-state index in [-0.39, 0.29) is 24.3 Å². The number of benzene rings is 3. The van der Waals surface area contributed by atoms with E-state index in [2.05, 4.69) is 10.0 Å². The van der Waals surface area contributed by atoms with E-state index in [0.29, 0.717) is 28.3 Å². The number of azide groups is 1. The molecule has 5 nitrogen and oxygen atoms in total. The Kier molecular flexibility index (Phi) is 7.40. The summed E-state index contributed by atoms with van der Waals surface area (Å²) in [5.41, 5.74) is 8.21. The van der Waals surface area contributed by atoms with E-state index in [1.807, 2.05) is 0 Å². The summed E-state index contributed by atoms with van der Waals surface area (Å²) in [5, 5.41) is 3.39. The maximum atomic E-state index is 13.2. The van der Waals surface area contributed by atoms with Gasteiger partial charge in [-0.2, -0.15) is 26.3 Å². The van der Waals surface area contributed by atoms with E-state index in [0.717, 1.165) is 24.3 Å². The van der Waals surface area contributed by atoms with Crippen molar-refractivity contribution < 1.29 is 35.9 Å². The van der Waals surface area contributed by atoms with E-state index in [1.54, 1.807) is 6.92 Å². The molecule has 3 rings (SSSR count). The Labute approximate surface area is 195 Å². The van der Waals surface area contributed by atoms with Gasteiger partial charge in [0.25, 0.3) is 0 Å². The fraction of sp³-hybridized carbons (Fsp3) is 0.208. The molecule has 0 heterocycles. The van der Waals surface area contributed by atoms with Crippen molar-refractivity contribution in [2.24, 2.45) is 5.11 Å². The molecule has 0 aliphatic rings. The highest BCUT2D eigenvalue weighted by Crippen LogP contribution is 2.42. The number of carbonyl (C=O) groups is 1. The molecule has 35 heavy (non-hydrogen) atoms. The van der Waals surface area contributed by atoms with Gasteiger partial charge in [0.2, 0.25) is 0 Å². The van der Waals surface area contributed by atoms with Crippen LogP contribution in [0.4, 0.5) is 32.0 Å². The van der Waals surface area contributed by atoms with Crippen LogP contribution >= 0.6 is 0 Å². The molecule has 0 radical (unpaired) electrons. The molecule has 0 aliphatic carbocycles. The van der Waals surface area contributed by atoms with Crippen molar-refractivity contribution in [1.29, 1.82) is 0 Å². The van der Waals surface area contributed by atoms with Gasteiger partial charge in [0.1, 0.15) is 0 Å².